The third-order valence-corrected chi connectivity index (χ3v) is 2.59. The summed E-state index contributed by atoms with van der Waals surface area (Å²) in [7, 11) is 0. The van der Waals surface area contributed by atoms with E-state index in [1.807, 2.05) is 6.92 Å². The lowest BCUT2D eigenvalue weighted by Crippen LogP contribution is -2.23. The molecular formula is C14H17N3O3. The van der Waals surface area contributed by atoms with E-state index in [0.29, 0.717) is 29.6 Å². The van der Waals surface area contributed by atoms with Gasteiger partial charge in [0.1, 0.15) is 5.75 Å². The summed E-state index contributed by atoms with van der Waals surface area (Å²) in [6.45, 7) is 4.64. The highest BCUT2D eigenvalue weighted by Crippen LogP contribution is 2.13. The summed E-state index contributed by atoms with van der Waals surface area (Å²) in [5, 5.41) is 6.55. The number of aromatic nitrogens is 2. The molecule has 1 aromatic carbocycles. The van der Waals surface area contributed by atoms with E-state index in [0.717, 1.165) is 6.42 Å². The van der Waals surface area contributed by atoms with Crippen molar-refractivity contribution in [2.24, 2.45) is 0 Å². The number of amides is 1. The first-order valence-electron chi connectivity index (χ1n) is 6.49. The van der Waals surface area contributed by atoms with Crippen LogP contribution >= 0.6 is 0 Å². The van der Waals surface area contributed by atoms with Crippen LogP contribution in [-0.2, 0) is 6.61 Å². The Morgan fingerprint density at radius 2 is 2.10 bits per heavy atom. The highest BCUT2D eigenvalue weighted by atomic mass is 16.5. The van der Waals surface area contributed by atoms with Gasteiger partial charge in [-0.15, -0.1) is 0 Å². The van der Waals surface area contributed by atoms with Gasteiger partial charge in [-0.1, -0.05) is 12.1 Å². The van der Waals surface area contributed by atoms with E-state index >= 15 is 0 Å². The molecule has 106 valence electrons. The molecule has 6 heteroatoms. The maximum absolute atomic E-state index is 11.7. The van der Waals surface area contributed by atoms with Crippen molar-refractivity contribution in [3.05, 3.63) is 41.5 Å². The molecule has 1 aromatic heterocycles. The van der Waals surface area contributed by atoms with Crippen LogP contribution in [0.5, 0.6) is 5.75 Å². The van der Waals surface area contributed by atoms with E-state index in [9.17, 15) is 4.79 Å². The average molecular weight is 275 g/mol. The smallest absolute Gasteiger partial charge is 0.251 e. The lowest BCUT2D eigenvalue weighted by molar-refractivity contribution is 0.0953. The predicted molar refractivity (Wildman–Crippen MR) is 72.4 cm³/mol. The second kappa shape index (κ2) is 6.70. The molecule has 0 aliphatic carbocycles. The number of nitrogens with zero attached hydrogens (tertiary/aromatic N) is 2. The van der Waals surface area contributed by atoms with Gasteiger partial charge in [-0.3, -0.25) is 4.79 Å². The van der Waals surface area contributed by atoms with Crippen LogP contribution in [0.3, 0.4) is 0 Å². The van der Waals surface area contributed by atoms with Gasteiger partial charge in [0, 0.05) is 19.0 Å². The van der Waals surface area contributed by atoms with Crippen molar-refractivity contribution < 1.29 is 14.1 Å². The third-order valence-electron chi connectivity index (χ3n) is 2.59. The fourth-order valence-electron chi connectivity index (χ4n) is 1.59. The van der Waals surface area contributed by atoms with Crippen molar-refractivity contribution in [1.82, 2.24) is 15.5 Å². The molecule has 6 nitrogen and oxygen atoms in total. The molecule has 1 heterocycles. The SMILES string of the molecule is CCCNC(=O)c1ccc(OCc2noc(C)n2)cc1. The molecule has 0 bridgehead atoms. The van der Waals surface area contributed by atoms with Gasteiger partial charge in [-0.2, -0.15) is 4.98 Å². The first-order chi connectivity index (χ1) is 9.69. The molecule has 1 amide bonds. The maximum Gasteiger partial charge on any atom is 0.251 e. The van der Waals surface area contributed by atoms with Gasteiger partial charge in [0.15, 0.2) is 6.61 Å². The molecule has 0 atom stereocenters. The Morgan fingerprint density at radius 3 is 2.70 bits per heavy atom. The minimum Gasteiger partial charge on any atom is -0.485 e. The number of rotatable bonds is 6. The lowest BCUT2D eigenvalue weighted by atomic mass is 10.2. The van der Waals surface area contributed by atoms with Gasteiger partial charge in [0.25, 0.3) is 5.91 Å². The van der Waals surface area contributed by atoms with Crippen LogP contribution in [0.15, 0.2) is 28.8 Å². The van der Waals surface area contributed by atoms with Crippen molar-refractivity contribution >= 4 is 5.91 Å². The number of hydrogen-bond acceptors (Lipinski definition) is 5. The number of aryl methyl sites for hydroxylation is 1. The topological polar surface area (TPSA) is 77.2 Å². The molecule has 1 N–H and O–H groups in total. The zero-order valence-corrected chi connectivity index (χ0v) is 11.5. The van der Waals surface area contributed by atoms with E-state index < -0.39 is 0 Å². The summed E-state index contributed by atoms with van der Waals surface area (Å²) < 4.78 is 10.4. The van der Waals surface area contributed by atoms with Crippen LogP contribution in [0, 0.1) is 6.92 Å². The average Bonchev–Trinajstić information content (AvgIpc) is 2.89. The minimum atomic E-state index is -0.0767. The highest BCUT2D eigenvalue weighted by molar-refractivity contribution is 5.94. The second-order valence-electron chi connectivity index (χ2n) is 4.30. The first-order valence-corrected chi connectivity index (χ1v) is 6.49. The molecule has 0 saturated heterocycles. The fourth-order valence-corrected chi connectivity index (χ4v) is 1.59. The van der Waals surface area contributed by atoms with Gasteiger partial charge in [-0.25, -0.2) is 0 Å². The molecule has 0 fully saturated rings. The van der Waals surface area contributed by atoms with Crippen molar-refractivity contribution in [3.63, 3.8) is 0 Å². The van der Waals surface area contributed by atoms with E-state index in [1.54, 1.807) is 31.2 Å². The monoisotopic (exact) mass is 275 g/mol. The molecule has 2 rings (SSSR count). The largest absolute Gasteiger partial charge is 0.485 e. The van der Waals surface area contributed by atoms with Crippen LogP contribution in [0.25, 0.3) is 0 Å². The molecule has 0 aliphatic heterocycles. The molecular weight excluding hydrogens is 258 g/mol. The third kappa shape index (κ3) is 3.81. The number of ether oxygens (including phenoxy) is 1. The van der Waals surface area contributed by atoms with Crippen LogP contribution in [0.2, 0.25) is 0 Å². The van der Waals surface area contributed by atoms with Crippen LogP contribution in [0.4, 0.5) is 0 Å². The summed E-state index contributed by atoms with van der Waals surface area (Å²) in [6.07, 6.45) is 0.914. The Kier molecular flexibility index (Phi) is 4.70. The van der Waals surface area contributed by atoms with Crippen molar-refractivity contribution in [2.45, 2.75) is 26.9 Å². The Bertz CT molecular complexity index is 563. The van der Waals surface area contributed by atoms with E-state index in [4.69, 9.17) is 9.26 Å². The number of nitrogens with one attached hydrogen (secondary N) is 1. The summed E-state index contributed by atoms with van der Waals surface area (Å²) in [4.78, 5) is 15.8. The van der Waals surface area contributed by atoms with Gasteiger partial charge in [-0.05, 0) is 30.7 Å². The molecule has 20 heavy (non-hydrogen) atoms. The van der Waals surface area contributed by atoms with Gasteiger partial charge in [0.2, 0.25) is 11.7 Å². The van der Waals surface area contributed by atoms with Gasteiger partial charge < -0.3 is 14.6 Å². The first kappa shape index (κ1) is 14.0. The van der Waals surface area contributed by atoms with Crippen molar-refractivity contribution in [1.29, 1.82) is 0 Å². The van der Waals surface area contributed by atoms with Gasteiger partial charge >= 0.3 is 0 Å². The zero-order valence-electron chi connectivity index (χ0n) is 11.5. The molecule has 0 aliphatic rings. The number of carbonyl (C=O) groups excluding carboxylic acids is 1. The summed E-state index contributed by atoms with van der Waals surface area (Å²) in [6, 6.07) is 6.94. The number of hydrogen-bond donors (Lipinski definition) is 1. The Labute approximate surface area is 117 Å². The Hall–Kier alpha value is -2.37. The molecule has 2 aromatic rings. The highest BCUT2D eigenvalue weighted by Gasteiger charge is 2.06. The van der Waals surface area contributed by atoms with Gasteiger partial charge in [0.05, 0.1) is 0 Å². The summed E-state index contributed by atoms with van der Waals surface area (Å²) in [5.74, 6) is 1.57. The lowest BCUT2D eigenvalue weighted by Gasteiger charge is -2.06. The van der Waals surface area contributed by atoms with Crippen LogP contribution in [0.1, 0.15) is 35.4 Å². The van der Waals surface area contributed by atoms with E-state index in [-0.39, 0.29) is 12.5 Å². The molecule has 0 unspecified atom stereocenters. The number of benzene rings is 1. The Morgan fingerprint density at radius 1 is 1.35 bits per heavy atom. The Balaban J connectivity index is 1.89. The van der Waals surface area contributed by atoms with E-state index in [1.165, 1.54) is 0 Å². The summed E-state index contributed by atoms with van der Waals surface area (Å²) in [5.41, 5.74) is 0.612. The predicted octanol–water partition coefficient (Wildman–Crippen LogP) is 2.10. The number of carbonyl (C=O) groups is 1. The van der Waals surface area contributed by atoms with Crippen LogP contribution < -0.4 is 10.1 Å². The van der Waals surface area contributed by atoms with Crippen molar-refractivity contribution in [2.75, 3.05) is 6.54 Å². The standard InChI is InChI=1S/C14H17N3O3/c1-3-8-15-14(18)11-4-6-12(7-5-11)19-9-13-16-10(2)20-17-13/h4-7H,3,8-9H2,1-2H3,(H,15,18). The minimum absolute atomic E-state index is 0.0767. The quantitative estimate of drug-likeness (QED) is 0.873. The molecule has 0 saturated carbocycles. The molecule has 0 radical (unpaired) electrons. The second-order valence-corrected chi connectivity index (χ2v) is 4.30. The summed E-state index contributed by atoms with van der Waals surface area (Å²) >= 11 is 0. The van der Waals surface area contributed by atoms with E-state index in [2.05, 4.69) is 15.5 Å². The molecule has 0 spiro atoms. The van der Waals surface area contributed by atoms with Crippen molar-refractivity contribution in [3.8, 4) is 5.75 Å². The zero-order chi connectivity index (χ0) is 14.4. The normalized spacial score (nSPS) is 10.3. The van der Waals surface area contributed by atoms with Crippen LogP contribution in [-0.4, -0.2) is 22.6 Å². The maximum atomic E-state index is 11.7. The fraction of sp³-hybridized carbons (Fsp3) is 0.357.